The number of nitrogens with zero attached hydrogens (tertiary/aromatic N) is 2. The molecule has 0 aliphatic carbocycles. The average molecular weight is 269 g/mol. The summed E-state index contributed by atoms with van der Waals surface area (Å²) in [5.74, 6) is 0. The van der Waals surface area contributed by atoms with E-state index in [1.807, 2.05) is 0 Å². The first-order chi connectivity index (χ1) is 9.13. The van der Waals surface area contributed by atoms with Gasteiger partial charge in [-0.3, -0.25) is 4.90 Å². The summed E-state index contributed by atoms with van der Waals surface area (Å²) in [6.45, 7) is 9.66. The maximum Gasteiger partial charge on any atom is 0.0590 e. The van der Waals surface area contributed by atoms with Crippen LogP contribution < -0.4 is 5.73 Å². The number of hydrogen-bond donors (Lipinski definition) is 1. The van der Waals surface area contributed by atoms with Crippen molar-refractivity contribution in [1.29, 1.82) is 0 Å². The van der Waals surface area contributed by atoms with E-state index in [2.05, 4.69) is 23.6 Å². The van der Waals surface area contributed by atoms with Gasteiger partial charge in [0.05, 0.1) is 6.61 Å². The summed E-state index contributed by atoms with van der Waals surface area (Å²) in [7, 11) is 1.78. The summed E-state index contributed by atoms with van der Waals surface area (Å²) in [4.78, 5) is 5.27. The fourth-order valence-electron chi connectivity index (χ4n) is 4.11. The lowest BCUT2D eigenvalue weighted by atomic mass is 9.81. The number of piperidine rings is 1. The Hall–Kier alpha value is -0.160. The SMILES string of the molecule is COCCN(C(C)C)C1(CN)CCN2CCCC2C1. The number of ether oxygens (including phenoxy) is 1. The summed E-state index contributed by atoms with van der Waals surface area (Å²) in [6, 6.07) is 1.30. The number of fused-ring (bicyclic) bond motifs is 1. The summed E-state index contributed by atoms with van der Waals surface area (Å²) in [5.41, 5.74) is 6.42. The fourth-order valence-corrected chi connectivity index (χ4v) is 4.11. The van der Waals surface area contributed by atoms with Gasteiger partial charge in [-0.25, -0.2) is 0 Å². The monoisotopic (exact) mass is 269 g/mol. The largest absolute Gasteiger partial charge is 0.383 e. The molecule has 112 valence electrons. The minimum atomic E-state index is 0.193. The van der Waals surface area contributed by atoms with E-state index in [0.29, 0.717) is 6.04 Å². The quantitative estimate of drug-likeness (QED) is 0.789. The third kappa shape index (κ3) is 3.13. The predicted molar refractivity (Wildman–Crippen MR) is 79.3 cm³/mol. The van der Waals surface area contributed by atoms with Gasteiger partial charge in [0.2, 0.25) is 0 Å². The number of methoxy groups -OCH3 is 1. The van der Waals surface area contributed by atoms with Crippen molar-refractivity contribution in [3.8, 4) is 0 Å². The van der Waals surface area contributed by atoms with E-state index < -0.39 is 0 Å². The molecule has 4 heteroatoms. The van der Waals surface area contributed by atoms with Gasteiger partial charge >= 0.3 is 0 Å². The van der Waals surface area contributed by atoms with Crippen molar-refractivity contribution < 1.29 is 4.74 Å². The van der Waals surface area contributed by atoms with E-state index in [1.165, 1.54) is 38.8 Å². The Kier molecular flexibility index (Phi) is 5.23. The highest BCUT2D eigenvalue weighted by Gasteiger charge is 2.44. The van der Waals surface area contributed by atoms with Gasteiger partial charge in [0.1, 0.15) is 0 Å². The van der Waals surface area contributed by atoms with Gasteiger partial charge in [0, 0.05) is 44.4 Å². The number of rotatable bonds is 6. The van der Waals surface area contributed by atoms with Crippen LogP contribution >= 0.6 is 0 Å². The molecule has 0 aromatic heterocycles. The number of nitrogens with two attached hydrogens (primary N) is 1. The van der Waals surface area contributed by atoms with Crippen molar-refractivity contribution in [1.82, 2.24) is 9.80 Å². The minimum absolute atomic E-state index is 0.193. The molecule has 2 fully saturated rings. The molecule has 0 aromatic rings. The highest BCUT2D eigenvalue weighted by atomic mass is 16.5. The third-order valence-corrected chi connectivity index (χ3v) is 5.13. The molecule has 2 heterocycles. The van der Waals surface area contributed by atoms with Gasteiger partial charge in [-0.2, -0.15) is 0 Å². The van der Waals surface area contributed by atoms with Crippen LogP contribution in [0.2, 0.25) is 0 Å². The zero-order chi connectivity index (χ0) is 13.9. The van der Waals surface area contributed by atoms with Crippen molar-refractivity contribution in [3.63, 3.8) is 0 Å². The summed E-state index contributed by atoms with van der Waals surface area (Å²) in [5, 5.41) is 0. The lowest BCUT2D eigenvalue weighted by Crippen LogP contribution is -2.63. The van der Waals surface area contributed by atoms with Crippen LogP contribution in [0, 0.1) is 0 Å². The number of hydrogen-bond acceptors (Lipinski definition) is 4. The van der Waals surface area contributed by atoms with E-state index in [0.717, 1.165) is 25.7 Å². The van der Waals surface area contributed by atoms with E-state index in [1.54, 1.807) is 7.11 Å². The Labute approximate surface area is 118 Å². The molecule has 0 radical (unpaired) electrons. The van der Waals surface area contributed by atoms with Crippen LogP contribution in [0.4, 0.5) is 0 Å². The Morgan fingerprint density at radius 3 is 2.84 bits per heavy atom. The molecule has 2 atom stereocenters. The Morgan fingerprint density at radius 1 is 1.42 bits per heavy atom. The van der Waals surface area contributed by atoms with Crippen LogP contribution in [0.3, 0.4) is 0 Å². The molecule has 2 rings (SSSR count). The molecule has 0 bridgehead atoms. The molecular weight excluding hydrogens is 238 g/mol. The molecule has 19 heavy (non-hydrogen) atoms. The van der Waals surface area contributed by atoms with Gasteiger partial charge in [0.25, 0.3) is 0 Å². The lowest BCUT2D eigenvalue weighted by Gasteiger charge is -2.52. The van der Waals surface area contributed by atoms with E-state index >= 15 is 0 Å². The molecule has 0 aromatic carbocycles. The maximum atomic E-state index is 6.23. The van der Waals surface area contributed by atoms with Crippen LogP contribution in [0.5, 0.6) is 0 Å². The standard InChI is InChI=1S/C15H31N3O/c1-13(2)18(9-10-19-3)15(12-16)6-8-17-7-4-5-14(17)11-15/h13-14H,4-12,16H2,1-3H3. The topological polar surface area (TPSA) is 41.7 Å². The maximum absolute atomic E-state index is 6.23. The van der Waals surface area contributed by atoms with Crippen molar-refractivity contribution in [2.45, 2.75) is 57.2 Å². The van der Waals surface area contributed by atoms with Gasteiger partial charge in [0.15, 0.2) is 0 Å². The molecule has 0 spiro atoms. The van der Waals surface area contributed by atoms with Crippen molar-refractivity contribution in [2.24, 2.45) is 5.73 Å². The van der Waals surface area contributed by atoms with Gasteiger partial charge < -0.3 is 15.4 Å². The molecule has 0 saturated carbocycles. The lowest BCUT2D eigenvalue weighted by molar-refractivity contribution is -0.0207. The first kappa shape index (κ1) is 15.2. The smallest absolute Gasteiger partial charge is 0.0590 e. The zero-order valence-electron chi connectivity index (χ0n) is 12.9. The molecule has 2 aliphatic heterocycles. The second-order valence-corrected chi connectivity index (χ2v) is 6.49. The second-order valence-electron chi connectivity index (χ2n) is 6.49. The van der Waals surface area contributed by atoms with E-state index in [-0.39, 0.29) is 5.54 Å². The van der Waals surface area contributed by atoms with E-state index in [9.17, 15) is 0 Å². The summed E-state index contributed by atoms with van der Waals surface area (Å²) < 4.78 is 5.30. The van der Waals surface area contributed by atoms with Gasteiger partial charge in [-0.05, 0) is 46.1 Å². The highest BCUT2D eigenvalue weighted by molar-refractivity contribution is 5.02. The summed E-state index contributed by atoms with van der Waals surface area (Å²) >= 11 is 0. The predicted octanol–water partition coefficient (Wildman–Crippen LogP) is 1.30. The van der Waals surface area contributed by atoms with Crippen LogP contribution in [0.25, 0.3) is 0 Å². The van der Waals surface area contributed by atoms with E-state index in [4.69, 9.17) is 10.5 Å². The van der Waals surface area contributed by atoms with Crippen LogP contribution in [-0.2, 0) is 4.74 Å². The molecule has 4 nitrogen and oxygen atoms in total. The molecule has 2 saturated heterocycles. The van der Waals surface area contributed by atoms with Crippen molar-refractivity contribution >= 4 is 0 Å². The molecule has 2 N–H and O–H groups in total. The Balaban J connectivity index is 2.10. The highest BCUT2D eigenvalue weighted by Crippen LogP contribution is 2.37. The molecule has 0 amide bonds. The minimum Gasteiger partial charge on any atom is -0.383 e. The van der Waals surface area contributed by atoms with Crippen molar-refractivity contribution in [2.75, 3.05) is 39.9 Å². The van der Waals surface area contributed by atoms with Gasteiger partial charge in [-0.1, -0.05) is 0 Å². The van der Waals surface area contributed by atoms with Crippen LogP contribution in [0.1, 0.15) is 39.5 Å². The third-order valence-electron chi connectivity index (χ3n) is 5.13. The zero-order valence-corrected chi connectivity index (χ0v) is 12.9. The average Bonchev–Trinajstić information content (AvgIpc) is 2.85. The van der Waals surface area contributed by atoms with Crippen LogP contribution in [-0.4, -0.2) is 67.3 Å². The molecule has 2 unspecified atom stereocenters. The second kappa shape index (κ2) is 6.53. The first-order valence-electron chi connectivity index (χ1n) is 7.83. The molecule has 2 aliphatic rings. The first-order valence-corrected chi connectivity index (χ1v) is 7.83. The van der Waals surface area contributed by atoms with Gasteiger partial charge in [-0.15, -0.1) is 0 Å². The Morgan fingerprint density at radius 2 is 2.21 bits per heavy atom. The Bertz CT molecular complexity index is 285. The normalized spacial score (nSPS) is 32.2. The molecular formula is C15H31N3O. The summed E-state index contributed by atoms with van der Waals surface area (Å²) in [6.07, 6.45) is 5.18. The van der Waals surface area contributed by atoms with Crippen LogP contribution in [0.15, 0.2) is 0 Å². The van der Waals surface area contributed by atoms with Crippen molar-refractivity contribution in [3.05, 3.63) is 0 Å². The fraction of sp³-hybridized carbons (Fsp3) is 1.00.